The van der Waals surface area contributed by atoms with Crippen molar-refractivity contribution < 1.29 is 0 Å². The normalized spacial score (nSPS) is 20.9. The minimum Gasteiger partial charge on any atom is -0.304 e. The molecule has 108 valence electrons. The first-order valence-corrected chi connectivity index (χ1v) is 7.60. The lowest BCUT2D eigenvalue weighted by atomic mass is 9.80. The van der Waals surface area contributed by atoms with Crippen LogP contribution in [0.3, 0.4) is 0 Å². The average Bonchev–Trinajstić information content (AvgIpc) is 2.97. The number of fused-ring (bicyclic) bond motifs is 1. The first-order chi connectivity index (χ1) is 9.45. The van der Waals surface area contributed by atoms with Crippen LogP contribution in [0.4, 0.5) is 0 Å². The van der Waals surface area contributed by atoms with E-state index < -0.39 is 0 Å². The summed E-state index contributed by atoms with van der Waals surface area (Å²) in [6.45, 7) is 12.6. The molecule has 1 unspecified atom stereocenters. The molecule has 1 saturated heterocycles. The largest absolute Gasteiger partial charge is 0.304 e. The van der Waals surface area contributed by atoms with Crippen molar-refractivity contribution in [1.29, 1.82) is 0 Å². The number of rotatable bonds is 2. The van der Waals surface area contributed by atoms with E-state index in [0.717, 1.165) is 18.1 Å². The van der Waals surface area contributed by atoms with Crippen molar-refractivity contribution in [3.8, 4) is 0 Å². The molecule has 1 atom stereocenters. The highest BCUT2D eigenvalue weighted by atomic mass is 15.2. The van der Waals surface area contributed by atoms with Gasteiger partial charge in [-0.2, -0.15) is 0 Å². The molecule has 0 saturated carbocycles. The van der Waals surface area contributed by atoms with Gasteiger partial charge in [-0.1, -0.05) is 26.8 Å². The summed E-state index contributed by atoms with van der Waals surface area (Å²) in [5, 5.41) is 0. The highest BCUT2D eigenvalue weighted by Crippen LogP contribution is 2.34. The number of aromatic nitrogens is 2. The minimum atomic E-state index is 0.419. The van der Waals surface area contributed by atoms with Crippen molar-refractivity contribution in [3.05, 3.63) is 35.8 Å². The number of hydrogen-bond acceptors (Lipinski definition) is 2. The van der Waals surface area contributed by atoms with E-state index in [0.29, 0.717) is 5.41 Å². The van der Waals surface area contributed by atoms with Gasteiger partial charge in [0.05, 0.1) is 5.69 Å². The highest BCUT2D eigenvalue weighted by Gasteiger charge is 2.32. The molecule has 1 fully saturated rings. The van der Waals surface area contributed by atoms with Crippen LogP contribution in [0.15, 0.2) is 24.4 Å². The van der Waals surface area contributed by atoms with Crippen LogP contribution in [0, 0.1) is 18.3 Å². The molecule has 1 aliphatic heterocycles. The number of nitrogens with zero attached hydrogens (tertiary/aromatic N) is 3. The Hall–Kier alpha value is -1.35. The van der Waals surface area contributed by atoms with Gasteiger partial charge < -0.3 is 4.40 Å². The van der Waals surface area contributed by atoms with Gasteiger partial charge in [0, 0.05) is 25.0 Å². The Kier molecular flexibility index (Phi) is 3.33. The summed E-state index contributed by atoms with van der Waals surface area (Å²) < 4.78 is 2.19. The first kappa shape index (κ1) is 13.6. The van der Waals surface area contributed by atoms with Gasteiger partial charge in [-0.25, -0.2) is 4.98 Å². The zero-order valence-electron chi connectivity index (χ0n) is 13.1. The fraction of sp³-hybridized carbons (Fsp3) is 0.588. The smallest absolute Gasteiger partial charge is 0.137 e. The van der Waals surface area contributed by atoms with Gasteiger partial charge in [0.25, 0.3) is 0 Å². The number of likely N-dealkylation sites (tertiary alicyclic amines) is 1. The lowest BCUT2D eigenvalue weighted by Gasteiger charge is -2.27. The maximum Gasteiger partial charge on any atom is 0.137 e. The van der Waals surface area contributed by atoms with E-state index in [1.807, 2.05) is 0 Å². The molecule has 0 aliphatic carbocycles. The zero-order chi connectivity index (χ0) is 14.3. The molecule has 3 nitrogen and oxygen atoms in total. The summed E-state index contributed by atoms with van der Waals surface area (Å²) in [6, 6.07) is 6.20. The lowest BCUT2D eigenvalue weighted by Crippen LogP contribution is -2.26. The second-order valence-corrected chi connectivity index (χ2v) is 7.16. The van der Waals surface area contributed by atoms with E-state index in [-0.39, 0.29) is 0 Å². The monoisotopic (exact) mass is 271 g/mol. The second kappa shape index (κ2) is 4.88. The van der Waals surface area contributed by atoms with Crippen LogP contribution in [0.5, 0.6) is 0 Å². The number of imidazole rings is 1. The molecule has 0 spiro atoms. The molecule has 2 aromatic rings. The maximum atomic E-state index is 4.78. The second-order valence-electron chi connectivity index (χ2n) is 7.16. The summed E-state index contributed by atoms with van der Waals surface area (Å²) >= 11 is 0. The molecule has 20 heavy (non-hydrogen) atoms. The van der Waals surface area contributed by atoms with E-state index in [1.54, 1.807) is 0 Å². The molecule has 3 rings (SSSR count). The zero-order valence-corrected chi connectivity index (χ0v) is 13.1. The van der Waals surface area contributed by atoms with Crippen LogP contribution in [0.1, 0.15) is 38.6 Å². The third kappa shape index (κ3) is 2.47. The summed E-state index contributed by atoms with van der Waals surface area (Å²) in [4.78, 5) is 7.34. The molecular formula is C17H25N3. The van der Waals surface area contributed by atoms with Crippen molar-refractivity contribution in [2.75, 3.05) is 13.1 Å². The van der Waals surface area contributed by atoms with Crippen molar-refractivity contribution >= 4 is 5.65 Å². The number of aryl methyl sites for hydroxylation is 1. The third-order valence-corrected chi connectivity index (χ3v) is 4.74. The molecule has 0 amide bonds. The fourth-order valence-corrected chi connectivity index (χ4v) is 3.21. The molecule has 0 radical (unpaired) electrons. The molecule has 0 aromatic carbocycles. The van der Waals surface area contributed by atoms with Gasteiger partial charge in [0.1, 0.15) is 5.65 Å². The minimum absolute atomic E-state index is 0.419. The Labute approximate surface area is 121 Å². The predicted octanol–water partition coefficient (Wildman–Crippen LogP) is 3.51. The van der Waals surface area contributed by atoms with Crippen molar-refractivity contribution in [2.24, 2.45) is 11.3 Å². The third-order valence-electron chi connectivity index (χ3n) is 4.74. The number of pyridine rings is 1. The Balaban J connectivity index is 1.76. The van der Waals surface area contributed by atoms with E-state index in [1.165, 1.54) is 30.9 Å². The summed E-state index contributed by atoms with van der Waals surface area (Å²) in [5.74, 6) is 0.805. The topological polar surface area (TPSA) is 20.5 Å². The van der Waals surface area contributed by atoms with Crippen LogP contribution >= 0.6 is 0 Å². The van der Waals surface area contributed by atoms with Crippen LogP contribution < -0.4 is 0 Å². The molecule has 1 aliphatic rings. The SMILES string of the molecule is Cc1c(CN2CCC(C(C)(C)C)C2)nc2ccccn12. The Bertz CT molecular complexity index is 606. The highest BCUT2D eigenvalue weighted by molar-refractivity contribution is 5.42. The van der Waals surface area contributed by atoms with Gasteiger partial charge in [0.2, 0.25) is 0 Å². The van der Waals surface area contributed by atoms with Crippen LogP contribution in [0.2, 0.25) is 0 Å². The van der Waals surface area contributed by atoms with Gasteiger partial charge in [0.15, 0.2) is 0 Å². The van der Waals surface area contributed by atoms with Gasteiger partial charge in [-0.15, -0.1) is 0 Å². The standard InChI is InChI=1S/C17H25N3/c1-13-15(18-16-7-5-6-9-20(13)16)12-19-10-8-14(11-19)17(2,3)4/h5-7,9,14H,8,10-12H2,1-4H3. The van der Waals surface area contributed by atoms with Crippen LogP contribution in [-0.2, 0) is 6.54 Å². The Morgan fingerprint density at radius 1 is 1.30 bits per heavy atom. The van der Waals surface area contributed by atoms with E-state index in [9.17, 15) is 0 Å². The molecular weight excluding hydrogens is 246 g/mol. The van der Waals surface area contributed by atoms with Crippen LogP contribution in [0.25, 0.3) is 5.65 Å². The fourth-order valence-electron chi connectivity index (χ4n) is 3.21. The van der Waals surface area contributed by atoms with E-state index in [2.05, 4.69) is 61.4 Å². The predicted molar refractivity (Wildman–Crippen MR) is 82.8 cm³/mol. The molecule has 3 heterocycles. The Morgan fingerprint density at radius 3 is 2.75 bits per heavy atom. The maximum absolute atomic E-state index is 4.78. The van der Waals surface area contributed by atoms with Crippen LogP contribution in [-0.4, -0.2) is 27.4 Å². The number of hydrogen-bond donors (Lipinski definition) is 0. The van der Waals surface area contributed by atoms with Crippen molar-refractivity contribution in [2.45, 2.75) is 40.7 Å². The molecule has 0 bridgehead atoms. The molecule has 2 aromatic heterocycles. The molecule has 3 heteroatoms. The van der Waals surface area contributed by atoms with E-state index in [4.69, 9.17) is 4.98 Å². The quantitative estimate of drug-likeness (QED) is 0.833. The first-order valence-electron chi connectivity index (χ1n) is 7.60. The van der Waals surface area contributed by atoms with Gasteiger partial charge in [-0.3, -0.25) is 4.90 Å². The van der Waals surface area contributed by atoms with Crippen molar-refractivity contribution in [1.82, 2.24) is 14.3 Å². The summed E-state index contributed by atoms with van der Waals surface area (Å²) in [5.41, 5.74) is 3.99. The lowest BCUT2D eigenvalue weighted by molar-refractivity contribution is 0.225. The van der Waals surface area contributed by atoms with Crippen molar-refractivity contribution in [3.63, 3.8) is 0 Å². The summed E-state index contributed by atoms with van der Waals surface area (Å²) in [6.07, 6.45) is 3.42. The average molecular weight is 271 g/mol. The van der Waals surface area contributed by atoms with Gasteiger partial charge >= 0.3 is 0 Å². The molecule has 0 N–H and O–H groups in total. The van der Waals surface area contributed by atoms with Gasteiger partial charge in [-0.05, 0) is 43.4 Å². The Morgan fingerprint density at radius 2 is 2.10 bits per heavy atom. The summed E-state index contributed by atoms with van der Waals surface area (Å²) in [7, 11) is 0. The van der Waals surface area contributed by atoms with E-state index >= 15 is 0 Å².